The van der Waals surface area contributed by atoms with Crippen molar-refractivity contribution in [3.8, 4) is 11.8 Å². The molecule has 36 heavy (non-hydrogen) atoms. The van der Waals surface area contributed by atoms with E-state index in [2.05, 4.69) is 47.1 Å². The molecule has 1 unspecified atom stereocenters. The first-order chi connectivity index (χ1) is 17.4. The molecule has 1 aromatic heterocycles. The van der Waals surface area contributed by atoms with Crippen molar-refractivity contribution < 1.29 is 9.53 Å². The number of nitrogens with two attached hydrogens (primary N) is 1. The quantitative estimate of drug-likeness (QED) is 0.425. The minimum absolute atomic E-state index is 0.0413. The van der Waals surface area contributed by atoms with Crippen LogP contribution in [0.25, 0.3) is 5.57 Å². The largest absolute Gasteiger partial charge is 0.383 e. The van der Waals surface area contributed by atoms with Crippen molar-refractivity contribution in [2.45, 2.75) is 71.2 Å². The van der Waals surface area contributed by atoms with Crippen LogP contribution in [0.2, 0.25) is 0 Å². The average molecular weight is 483 g/mol. The number of nitrogens with zero attached hydrogens (tertiary/aromatic N) is 2. The first-order valence-corrected chi connectivity index (χ1v) is 12.5. The third-order valence-electron chi connectivity index (χ3n) is 6.40. The molecular weight excluding hydrogens is 448 g/mol. The van der Waals surface area contributed by atoms with Crippen LogP contribution in [0.1, 0.15) is 73.5 Å². The summed E-state index contributed by atoms with van der Waals surface area (Å²) in [6.07, 6.45) is 11.2. The molecule has 0 bridgehead atoms. The number of carbonyl (C=O) groups is 1. The summed E-state index contributed by atoms with van der Waals surface area (Å²) in [7, 11) is 0. The number of nitrogen functional groups attached to an aromatic ring is 1. The van der Waals surface area contributed by atoms with Crippen LogP contribution >= 0.6 is 0 Å². The summed E-state index contributed by atoms with van der Waals surface area (Å²) in [6, 6.07) is 10.0. The molecule has 3 atom stereocenters. The molecule has 1 amide bonds. The van der Waals surface area contributed by atoms with Crippen LogP contribution in [0.4, 0.5) is 5.82 Å². The summed E-state index contributed by atoms with van der Waals surface area (Å²) in [5.41, 5.74) is 11.6. The van der Waals surface area contributed by atoms with Crippen molar-refractivity contribution in [1.29, 1.82) is 0 Å². The lowest BCUT2D eigenvalue weighted by Gasteiger charge is -2.22. The first kappa shape index (κ1) is 25.4. The first-order valence-electron chi connectivity index (χ1n) is 12.5. The number of nitrogens with one attached hydrogen (secondary N) is 1. The molecule has 0 saturated heterocycles. The van der Waals surface area contributed by atoms with Gasteiger partial charge in [-0.05, 0) is 69.4 Å². The van der Waals surface area contributed by atoms with E-state index >= 15 is 0 Å². The van der Waals surface area contributed by atoms with Gasteiger partial charge in [0.15, 0.2) is 0 Å². The lowest BCUT2D eigenvalue weighted by atomic mass is 10.1. The number of amides is 1. The zero-order valence-corrected chi connectivity index (χ0v) is 21.3. The number of benzene rings is 1. The van der Waals surface area contributed by atoms with Gasteiger partial charge in [0, 0.05) is 30.0 Å². The molecule has 3 N–H and O–H groups in total. The summed E-state index contributed by atoms with van der Waals surface area (Å²) in [5, 5.41) is 3.13. The topological polar surface area (TPSA) is 89.6 Å². The Bertz CT molecular complexity index is 1240. The zero-order chi connectivity index (χ0) is 25.5. The van der Waals surface area contributed by atoms with Gasteiger partial charge < -0.3 is 15.8 Å². The van der Waals surface area contributed by atoms with E-state index < -0.39 is 0 Å². The molecule has 6 heteroatoms. The standard InChI is InChI=1S/C30H34N4O2/c1-20(2)7-4-5-8-22-11-13-23(14-12-22)19-36-28-10-6-9-27(28)34-30(35)26-16-25(18-33-29(26)31)24-15-21(3)32-17-24/h7,11-18,21,27-28H,4,6,9-10,19H2,1-3H3,(H2,31,33)(H,34,35)/t21?,27-,28-/m0/s1. The predicted octanol–water partition coefficient (Wildman–Crippen LogP) is 5.10. The fourth-order valence-electron chi connectivity index (χ4n) is 4.36. The second-order valence-electron chi connectivity index (χ2n) is 9.64. The van der Waals surface area contributed by atoms with E-state index in [0.717, 1.165) is 47.9 Å². The molecule has 4 rings (SSSR count). The Hall–Kier alpha value is -3.69. The number of allylic oxidation sites excluding steroid dienone is 3. The Morgan fingerprint density at radius 2 is 2.06 bits per heavy atom. The van der Waals surface area contributed by atoms with Crippen LogP contribution in [0.5, 0.6) is 0 Å². The predicted molar refractivity (Wildman–Crippen MR) is 146 cm³/mol. The zero-order valence-electron chi connectivity index (χ0n) is 21.3. The molecule has 0 radical (unpaired) electrons. The van der Waals surface area contributed by atoms with Crippen molar-refractivity contribution >= 4 is 23.5 Å². The smallest absolute Gasteiger partial charge is 0.255 e. The normalized spacial score (nSPS) is 20.4. The third kappa shape index (κ3) is 6.71. The third-order valence-corrected chi connectivity index (χ3v) is 6.40. The fourth-order valence-corrected chi connectivity index (χ4v) is 4.36. The summed E-state index contributed by atoms with van der Waals surface area (Å²) < 4.78 is 6.22. The average Bonchev–Trinajstić information content (AvgIpc) is 3.50. The van der Waals surface area contributed by atoms with Crippen molar-refractivity contribution in [2.75, 3.05) is 5.73 Å². The molecule has 2 aromatic rings. The number of hydrogen-bond acceptors (Lipinski definition) is 5. The highest BCUT2D eigenvalue weighted by Gasteiger charge is 2.30. The van der Waals surface area contributed by atoms with Gasteiger partial charge in [-0.15, -0.1) is 0 Å². The highest BCUT2D eigenvalue weighted by molar-refractivity contribution is 6.12. The number of ether oxygens (including phenoxy) is 1. The highest BCUT2D eigenvalue weighted by atomic mass is 16.5. The van der Waals surface area contributed by atoms with E-state index in [4.69, 9.17) is 10.5 Å². The van der Waals surface area contributed by atoms with Crippen LogP contribution in [-0.2, 0) is 11.3 Å². The van der Waals surface area contributed by atoms with E-state index in [0.29, 0.717) is 12.2 Å². The Morgan fingerprint density at radius 1 is 1.25 bits per heavy atom. The molecule has 1 aliphatic carbocycles. The Labute approximate surface area is 213 Å². The SMILES string of the molecule is CC(C)=CCC#Cc1ccc(CO[C@H]2CCC[C@@H]2NC(=O)c2cc(C3=CC(C)N=C3)cnc2N)cc1. The van der Waals surface area contributed by atoms with Gasteiger partial charge in [-0.1, -0.05) is 41.7 Å². The number of pyridine rings is 1. The van der Waals surface area contributed by atoms with Gasteiger partial charge >= 0.3 is 0 Å². The van der Waals surface area contributed by atoms with Crippen LogP contribution < -0.4 is 11.1 Å². The van der Waals surface area contributed by atoms with Crippen LogP contribution in [0.15, 0.2) is 59.2 Å². The highest BCUT2D eigenvalue weighted by Crippen LogP contribution is 2.25. The van der Waals surface area contributed by atoms with Crippen LogP contribution in [0, 0.1) is 11.8 Å². The summed E-state index contributed by atoms with van der Waals surface area (Å²) in [4.78, 5) is 21.7. The van der Waals surface area contributed by atoms with Gasteiger partial charge in [0.05, 0.1) is 30.4 Å². The van der Waals surface area contributed by atoms with Crippen molar-refractivity contribution in [3.63, 3.8) is 0 Å². The van der Waals surface area contributed by atoms with Gasteiger partial charge in [0.1, 0.15) is 5.82 Å². The monoisotopic (exact) mass is 482 g/mol. The summed E-state index contributed by atoms with van der Waals surface area (Å²) >= 11 is 0. The number of hydrogen-bond donors (Lipinski definition) is 2. The lowest BCUT2D eigenvalue weighted by Crippen LogP contribution is -2.41. The molecule has 0 spiro atoms. The molecule has 2 heterocycles. The number of aliphatic imine (C=N–C) groups is 1. The number of aromatic nitrogens is 1. The van der Waals surface area contributed by atoms with Gasteiger partial charge in [0.25, 0.3) is 5.91 Å². The number of anilines is 1. The van der Waals surface area contributed by atoms with Crippen LogP contribution in [-0.4, -0.2) is 35.3 Å². The lowest BCUT2D eigenvalue weighted by molar-refractivity contribution is 0.0272. The Kier molecular flexibility index (Phi) is 8.35. The number of carbonyl (C=O) groups excluding carboxylic acids is 1. The van der Waals surface area contributed by atoms with Crippen LogP contribution in [0.3, 0.4) is 0 Å². The van der Waals surface area contributed by atoms with Crippen molar-refractivity contribution in [3.05, 3.63) is 76.5 Å². The molecule has 1 aliphatic heterocycles. The molecule has 6 nitrogen and oxygen atoms in total. The summed E-state index contributed by atoms with van der Waals surface area (Å²) in [6.45, 7) is 6.66. The Morgan fingerprint density at radius 3 is 2.78 bits per heavy atom. The molecule has 2 aliphatic rings. The molecule has 1 fully saturated rings. The maximum Gasteiger partial charge on any atom is 0.255 e. The minimum Gasteiger partial charge on any atom is -0.383 e. The van der Waals surface area contributed by atoms with Crippen molar-refractivity contribution in [1.82, 2.24) is 10.3 Å². The fraction of sp³-hybridized carbons (Fsp3) is 0.367. The van der Waals surface area contributed by atoms with Crippen molar-refractivity contribution in [2.24, 2.45) is 4.99 Å². The second kappa shape index (κ2) is 11.8. The molecule has 1 saturated carbocycles. The Balaban J connectivity index is 1.34. The van der Waals surface area contributed by atoms with E-state index in [9.17, 15) is 4.79 Å². The molecule has 186 valence electrons. The number of rotatable bonds is 7. The summed E-state index contributed by atoms with van der Waals surface area (Å²) in [5.74, 6) is 6.36. The van der Waals surface area contributed by atoms with E-state index in [-0.39, 0.29) is 29.9 Å². The van der Waals surface area contributed by atoms with Gasteiger partial charge in [-0.2, -0.15) is 0 Å². The maximum absolute atomic E-state index is 13.1. The van der Waals surface area contributed by atoms with Gasteiger partial charge in [-0.25, -0.2) is 4.98 Å². The molecular formula is C30H34N4O2. The maximum atomic E-state index is 13.1. The van der Waals surface area contributed by atoms with E-state index in [1.165, 1.54) is 5.57 Å². The van der Waals surface area contributed by atoms with Gasteiger partial charge in [-0.3, -0.25) is 9.79 Å². The van der Waals surface area contributed by atoms with E-state index in [1.54, 1.807) is 12.3 Å². The van der Waals surface area contributed by atoms with E-state index in [1.807, 2.05) is 43.5 Å². The second-order valence-corrected chi connectivity index (χ2v) is 9.64. The minimum atomic E-state index is -0.220. The molecule has 1 aromatic carbocycles. The van der Waals surface area contributed by atoms with Gasteiger partial charge in [0.2, 0.25) is 0 Å².